The van der Waals surface area contributed by atoms with Gasteiger partial charge in [-0.2, -0.15) is 0 Å². The molecule has 0 aromatic heterocycles. The molecule has 41 heavy (non-hydrogen) atoms. The van der Waals surface area contributed by atoms with Crippen LogP contribution in [0.5, 0.6) is 5.75 Å². The van der Waals surface area contributed by atoms with Crippen LogP contribution in [0.4, 0.5) is 0 Å². The van der Waals surface area contributed by atoms with Crippen LogP contribution in [-0.2, 0) is 25.6 Å². The number of aliphatic carboxylic acids is 1. The number of phenolic OH excluding ortho intramolecular Hbond substituents is 1. The van der Waals surface area contributed by atoms with Gasteiger partial charge in [0.05, 0.1) is 6.04 Å². The largest absolute Gasteiger partial charge is 0.508 e. The topological polar surface area (TPSA) is 261 Å². The number of nitrogens with one attached hydrogen (secondary N) is 3. The van der Waals surface area contributed by atoms with Crippen LogP contribution < -0.4 is 38.9 Å². The van der Waals surface area contributed by atoms with E-state index in [2.05, 4.69) is 20.9 Å². The van der Waals surface area contributed by atoms with Gasteiger partial charge < -0.3 is 49.1 Å². The smallest absolute Gasteiger partial charge is 0.326 e. The molecular weight excluding hydrogens is 532 g/mol. The summed E-state index contributed by atoms with van der Waals surface area (Å²) in [6, 6.07) is 1.88. The van der Waals surface area contributed by atoms with E-state index in [1.54, 1.807) is 19.1 Å². The standard InChI is InChI=1S/C27H46N8O6/c1-3-16(2)22(25(39)33-20(26(40)41)8-6-14-32-27(30)31)35-24(38)21(15-17-9-11-18(36)12-10-17)34-23(37)19(29)7-4-5-13-28/h9-12,16,19-22,36H,3-8,13-15,28-29H2,1-2H3,(H,33,39)(H,34,37)(H,35,38)(H,40,41)(H4,30,31,32). The second-order valence-electron chi connectivity index (χ2n) is 10.0. The molecule has 0 spiro atoms. The first kappa shape index (κ1) is 35.1. The summed E-state index contributed by atoms with van der Waals surface area (Å²) in [4.78, 5) is 55.2. The van der Waals surface area contributed by atoms with Crippen molar-refractivity contribution in [1.29, 1.82) is 0 Å². The highest BCUT2D eigenvalue weighted by molar-refractivity contribution is 5.94. The number of carboxylic acid groups (broad SMARTS) is 1. The van der Waals surface area contributed by atoms with Gasteiger partial charge in [-0.15, -0.1) is 0 Å². The third kappa shape index (κ3) is 13.3. The maximum atomic E-state index is 13.5. The number of amides is 3. The lowest BCUT2D eigenvalue weighted by Crippen LogP contribution is -2.59. The minimum Gasteiger partial charge on any atom is -0.508 e. The predicted octanol–water partition coefficient (Wildman–Crippen LogP) is -0.970. The van der Waals surface area contributed by atoms with Gasteiger partial charge in [0.25, 0.3) is 0 Å². The van der Waals surface area contributed by atoms with Crippen molar-refractivity contribution in [2.24, 2.45) is 33.8 Å². The molecular formula is C27H46N8O6. The lowest BCUT2D eigenvalue weighted by molar-refractivity contribution is -0.143. The molecule has 14 heteroatoms. The molecule has 0 fully saturated rings. The van der Waals surface area contributed by atoms with E-state index < -0.39 is 47.9 Å². The van der Waals surface area contributed by atoms with Gasteiger partial charge >= 0.3 is 5.97 Å². The van der Waals surface area contributed by atoms with E-state index in [0.29, 0.717) is 44.2 Å². The number of carboxylic acids is 1. The van der Waals surface area contributed by atoms with Crippen molar-refractivity contribution in [1.82, 2.24) is 16.0 Å². The number of unbranched alkanes of at least 4 members (excludes halogenated alkanes) is 1. The number of guanidine groups is 1. The Bertz CT molecular complexity index is 1020. The fourth-order valence-corrected chi connectivity index (χ4v) is 3.97. The number of nitrogens with two attached hydrogens (primary N) is 4. The summed E-state index contributed by atoms with van der Waals surface area (Å²) in [7, 11) is 0. The quantitative estimate of drug-likeness (QED) is 0.0551. The van der Waals surface area contributed by atoms with E-state index >= 15 is 0 Å². The van der Waals surface area contributed by atoms with Gasteiger partial charge in [0, 0.05) is 13.0 Å². The first-order chi connectivity index (χ1) is 19.4. The number of rotatable bonds is 19. The van der Waals surface area contributed by atoms with Crippen molar-refractivity contribution in [3.8, 4) is 5.75 Å². The highest BCUT2D eigenvalue weighted by Crippen LogP contribution is 2.14. The summed E-state index contributed by atoms with van der Waals surface area (Å²) in [5, 5.41) is 27.1. The minimum absolute atomic E-state index is 0.0421. The summed E-state index contributed by atoms with van der Waals surface area (Å²) in [6.07, 6.45) is 2.67. The number of phenols is 1. The second-order valence-corrected chi connectivity index (χ2v) is 10.0. The molecule has 5 unspecified atom stereocenters. The average Bonchev–Trinajstić information content (AvgIpc) is 2.93. The summed E-state index contributed by atoms with van der Waals surface area (Å²) in [5.41, 5.74) is 22.8. The summed E-state index contributed by atoms with van der Waals surface area (Å²) in [5.74, 6) is -3.52. The van der Waals surface area contributed by atoms with E-state index in [-0.39, 0.29) is 37.0 Å². The van der Waals surface area contributed by atoms with Gasteiger partial charge in [-0.3, -0.25) is 19.4 Å². The van der Waals surface area contributed by atoms with Crippen molar-refractivity contribution in [3.63, 3.8) is 0 Å². The van der Waals surface area contributed by atoms with Crippen molar-refractivity contribution in [3.05, 3.63) is 29.8 Å². The Balaban J connectivity index is 3.09. The molecule has 1 aromatic rings. The van der Waals surface area contributed by atoms with Gasteiger partial charge in [0.2, 0.25) is 17.7 Å². The van der Waals surface area contributed by atoms with Crippen molar-refractivity contribution >= 4 is 29.7 Å². The van der Waals surface area contributed by atoms with Gasteiger partial charge in [0.1, 0.15) is 23.9 Å². The molecule has 1 aromatic carbocycles. The van der Waals surface area contributed by atoms with Crippen LogP contribution in [0.15, 0.2) is 29.3 Å². The number of hydrogen-bond donors (Lipinski definition) is 9. The summed E-state index contributed by atoms with van der Waals surface area (Å²) in [6.45, 7) is 4.25. The molecule has 3 amide bonds. The zero-order valence-corrected chi connectivity index (χ0v) is 23.8. The van der Waals surface area contributed by atoms with Crippen LogP contribution in [0.1, 0.15) is 57.9 Å². The Labute approximate surface area is 240 Å². The molecule has 0 saturated carbocycles. The van der Waals surface area contributed by atoms with E-state index in [1.165, 1.54) is 12.1 Å². The normalized spacial score (nSPS) is 14.5. The third-order valence-corrected chi connectivity index (χ3v) is 6.67. The third-order valence-electron chi connectivity index (χ3n) is 6.67. The molecule has 0 saturated heterocycles. The monoisotopic (exact) mass is 578 g/mol. The SMILES string of the molecule is CCC(C)C(NC(=O)C(Cc1ccc(O)cc1)NC(=O)C(N)CCCCN)C(=O)NC(CCCN=C(N)N)C(=O)O. The predicted molar refractivity (Wildman–Crippen MR) is 155 cm³/mol. The maximum Gasteiger partial charge on any atom is 0.326 e. The number of benzene rings is 1. The number of carbonyl (C=O) groups is 4. The first-order valence-corrected chi connectivity index (χ1v) is 13.8. The minimum atomic E-state index is -1.24. The fourth-order valence-electron chi connectivity index (χ4n) is 3.97. The van der Waals surface area contributed by atoms with E-state index in [9.17, 15) is 29.4 Å². The number of nitrogens with zero attached hydrogens (tertiary/aromatic N) is 1. The lowest BCUT2D eigenvalue weighted by Gasteiger charge is -2.28. The average molecular weight is 579 g/mol. The zero-order valence-electron chi connectivity index (χ0n) is 23.8. The first-order valence-electron chi connectivity index (χ1n) is 13.8. The second kappa shape index (κ2) is 18.4. The Hall–Kier alpha value is -3.91. The van der Waals surface area contributed by atoms with Crippen LogP contribution in [0.25, 0.3) is 0 Å². The lowest BCUT2D eigenvalue weighted by atomic mass is 9.96. The molecule has 13 N–H and O–H groups in total. The Kier molecular flexibility index (Phi) is 15.8. The number of carbonyl (C=O) groups excluding carboxylic acids is 3. The molecule has 0 aliphatic rings. The maximum absolute atomic E-state index is 13.5. The Morgan fingerprint density at radius 3 is 2.10 bits per heavy atom. The van der Waals surface area contributed by atoms with Gasteiger partial charge in [-0.1, -0.05) is 38.8 Å². The number of aromatic hydroxyl groups is 1. The van der Waals surface area contributed by atoms with Crippen LogP contribution in [0, 0.1) is 5.92 Å². The van der Waals surface area contributed by atoms with Crippen molar-refractivity contribution in [2.45, 2.75) is 83.0 Å². The molecule has 0 aliphatic carbocycles. The fraction of sp³-hybridized carbons (Fsp3) is 0.593. The van der Waals surface area contributed by atoms with Crippen molar-refractivity contribution in [2.75, 3.05) is 13.1 Å². The molecule has 14 nitrogen and oxygen atoms in total. The molecule has 0 aliphatic heterocycles. The van der Waals surface area contributed by atoms with Gasteiger partial charge in [-0.05, 0) is 55.8 Å². The zero-order chi connectivity index (χ0) is 30.9. The molecule has 230 valence electrons. The van der Waals surface area contributed by atoms with Gasteiger partial charge in [-0.25, -0.2) is 4.79 Å². The van der Waals surface area contributed by atoms with Crippen LogP contribution >= 0.6 is 0 Å². The molecule has 1 rings (SSSR count). The van der Waals surface area contributed by atoms with E-state index in [1.807, 2.05) is 6.92 Å². The highest BCUT2D eigenvalue weighted by atomic mass is 16.4. The highest BCUT2D eigenvalue weighted by Gasteiger charge is 2.32. The Morgan fingerprint density at radius 1 is 0.902 bits per heavy atom. The molecule has 0 radical (unpaired) electrons. The van der Waals surface area contributed by atoms with E-state index in [0.717, 1.165) is 0 Å². The van der Waals surface area contributed by atoms with Crippen molar-refractivity contribution < 1.29 is 29.4 Å². The molecule has 5 atom stereocenters. The summed E-state index contributed by atoms with van der Waals surface area (Å²) < 4.78 is 0. The van der Waals surface area contributed by atoms with E-state index in [4.69, 9.17) is 22.9 Å². The number of aliphatic imine (C=N–C) groups is 1. The molecule has 0 heterocycles. The summed E-state index contributed by atoms with van der Waals surface area (Å²) >= 11 is 0. The van der Waals surface area contributed by atoms with Gasteiger partial charge in [0.15, 0.2) is 5.96 Å². The Morgan fingerprint density at radius 2 is 1.54 bits per heavy atom. The van der Waals surface area contributed by atoms with Crippen LogP contribution in [-0.4, -0.2) is 77.1 Å². The number of hydrogen-bond acceptors (Lipinski definition) is 8. The van der Waals surface area contributed by atoms with Crippen LogP contribution in [0.3, 0.4) is 0 Å². The van der Waals surface area contributed by atoms with Crippen LogP contribution in [0.2, 0.25) is 0 Å². The molecule has 0 bridgehead atoms.